The highest BCUT2D eigenvalue weighted by Crippen LogP contribution is 2.19. The Labute approximate surface area is 117 Å². The Kier molecular flexibility index (Phi) is 3.98. The molecule has 0 radical (unpaired) electrons. The SMILES string of the molecule is O=C(CN1CCCC1)N1CCN(c2nccs2)CC1. The van der Waals surface area contributed by atoms with Gasteiger partial charge in [-0.3, -0.25) is 9.69 Å². The average Bonchev–Trinajstić information content (AvgIpc) is 3.12. The number of likely N-dealkylation sites (tertiary alicyclic amines) is 1. The molecule has 1 aromatic heterocycles. The van der Waals surface area contributed by atoms with Gasteiger partial charge in [-0.05, 0) is 25.9 Å². The molecule has 3 rings (SSSR count). The molecule has 0 N–H and O–H groups in total. The summed E-state index contributed by atoms with van der Waals surface area (Å²) in [4.78, 5) is 23.1. The van der Waals surface area contributed by atoms with Gasteiger partial charge in [0.05, 0.1) is 6.54 Å². The van der Waals surface area contributed by atoms with Crippen molar-refractivity contribution < 1.29 is 4.79 Å². The first kappa shape index (κ1) is 12.9. The van der Waals surface area contributed by atoms with Crippen molar-refractivity contribution in [1.29, 1.82) is 0 Å². The van der Waals surface area contributed by atoms with E-state index in [1.54, 1.807) is 11.3 Å². The molecule has 0 saturated carbocycles. The van der Waals surface area contributed by atoms with Gasteiger partial charge in [-0.15, -0.1) is 11.3 Å². The summed E-state index contributed by atoms with van der Waals surface area (Å²) in [7, 11) is 0. The number of amides is 1. The van der Waals surface area contributed by atoms with Crippen LogP contribution in [-0.4, -0.2) is 66.5 Å². The molecule has 2 aliphatic rings. The Hall–Kier alpha value is -1.14. The molecule has 0 spiro atoms. The van der Waals surface area contributed by atoms with E-state index in [2.05, 4.69) is 14.8 Å². The molecule has 3 heterocycles. The summed E-state index contributed by atoms with van der Waals surface area (Å²) in [5.41, 5.74) is 0. The van der Waals surface area contributed by atoms with Gasteiger partial charge in [0, 0.05) is 37.8 Å². The first-order valence-electron chi connectivity index (χ1n) is 6.97. The van der Waals surface area contributed by atoms with Crippen LogP contribution < -0.4 is 4.90 Å². The van der Waals surface area contributed by atoms with Crippen molar-refractivity contribution in [1.82, 2.24) is 14.8 Å². The Morgan fingerprint density at radius 3 is 2.53 bits per heavy atom. The minimum absolute atomic E-state index is 0.292. The largest absolute Gasteiger partial charge is 0.345 e. The first-order chi connectivity index (χ1) is 9.33. The lowest BCUT2D eigenvalue weighted by Gasteiger charge is -2.35. The number of hydrogen-bond donors (Lipinski definition) is 0. The van der Waals surface area contributed by atoms with Crippen LogP contribution in [0.5, 0.6) is 0 Å². The minimum atomic E-state index is 0.292. The summed E-state index contributed by atoms with van der Waals surface area (Å²) in [6.07, 6.45) is 4.32. The number of nitrogens with zero attached hydrogens (tertiary/aromatic N) is 4. The number of carbonyl (C=O) groups is 1. The van der Waals surface area contributed by atoms with Crippen LogP contribution in [0.2, 0.25) is 0 Å². The van der Waals surface area contributed by atoms with Crippen molar-refractivity contribution in [3.8, 4) is 0 Å². The quantitative estimate of drug-likeness (QED) is 0.824. The van der Waals surface area contributed by atoms with E-state index in [1.165, 1.54) is 12.8 Å². The fourth-order valence-corrected chi connectivity index (χ4v) is 3.45. The van der Waals surface area contributed by atoms with Crippen molar-refractivity contribution in [2.45, 2.75) is 12.8 Å². The molecule has 0 atom stereocenters. The number of carbonyl (C=O) groups excluding carboxylic acids is 1. The summed E-state index contributed by atoms with van der Waals surface area (Å²) < 4.78 is 0. The molecule has 1 aromatic rings. The lowest BCUT2D eigenvalue weighted by atomic mass is 10.3. The van der Waals surface area contributed by atoms with Crippen LogP contribution >= 0.6 is 11.3 Å². The van der Waals surface area contributed by atoms with E-state index in [0.29, 0.717) is 12.5 Å². The average molecular weight is 280 g/mol. The molecule has 0 bridgehead atoms. The molecule has 104 valence electrons. The van der Waals surface area contributed by atoms with Crippen molar-refractivity contribution in [2.75, 3.05) is 50.7 Å². The lowest BCUT2D eigenvalue weighted by molar-refractivity contribution is -0.132. The summed E-state index contributed by atoms with van der Waals surface area (Å²) in [5, 5.41) is 3.08. The van der Waals surface area contributed by atoms with Gasteiger partial charge in [0.2, 0.25) is 5.91 Å². The molecule has 0 aromatic carbocycles. The van der Waals surface area contributed by atoms with Crippen LogP contribution in [0.25, 0.3) is 0 Å². The standard InChI is InChI=1S/C13H20N4OS/c18-12(11-15-4-1-2-5-15)16-6-8-17(9-7-16)13-14-3-10-19-13/h3,10H,1-2,4-9,11H2. The highest BCUT2D eigenvalue weighted by atomic mass is 32.1. The molecule has 0 unspecified atom stereocenters. The number of hydrogen-bond acceptors (Lipinski definition) is 5. The number of piperazine rings is 1. The van der Waals surface area contributed by atoms with Gasteiger partial charge >= 0.3 is 0 Å². The smallest absolute Gasteiger partial charge is 0.236 e. The molecular weight excluding hydrogens is 260 g/mol. The van der Waals surface area contributed by atoms with Crippen molar-refractivity contribution in [3.05, 3.63) is 11.6 Å². The molecular formula is C13H20N4OS. The van der Waals surface area contributed by atoms with E-state index < -0.39 is 0 Å². The van der Waals surface area contributed by atoms with Gasteiger partial charge in [0.15, 0.2) is 5.13 Å². The predicted molar refractivity (Wildman–Crippen MR) is 76.6 cm³/mol. The molecule has 0 aliphatic carbocycles. The van der Waals surface area contributed by atoms with Crippen LogP contribution in [0.4, 0.5) is 5.13 Å². The third kappa shape index (κ3) is 3.06. The van der Waals surface area contributed by atoms with Crippen molar-refractivity contribution in [2.24, 2.45) is 0 Å². The molecule has 2 aliphatic heterocycles. The van der Waals surface area contributed by atoms with Crippen molar-refractivity contribution in [3.63, 3.8) is 0 Å². The van der Waals surface area contributed by atoms with E-state index in [9.17, 15) is 4.79 Å². The molecule has 19 heavy (non-hydrogen) atoms. The maximum atomic E-state index is 12.2. The minimum Gasteiger partial charge on any atom is -0.345 e. The molecule has 6 heteroatoms. The van der Waals surface area contributed by atoms with Crippen LogP contribution in [-0.2, 0) is 4.79 Å². The van der Waals surface area contributed by atoms with Gasteiger partial charge in [-0.2, -0.15) is 0 Å². The van der Waals surface area contributed by atoms with E-state index >= 15 is 0 Å². The normalized spacial score (nSPS) is 21.1. The lowest BCUT2D eigenvalue weighted by Crippen LogP contribution is -2.51. The topological polar surface area (TPSA) is 39.7 Å². The third-order valence-corrected chi connectivity index (χ3v) is 4.71. The number of aromatic nitrogens is 1. The Balaban J connectivity index is 1.48. The Morgan fingerprint density at radius 2 is 1.89 bits per heavy atom. The van der Waals surface area contributed by atoms with Gasteiger partial charge in [0.25, 0.3) is 0 Å². The molecule has 5 nitrogen and oxygen atoms in total. The Morgan fingerprint density at radius 1 is 1.16 bits per heavy atom. The summed E-state index contributed by atoms with van der Waals surface area (Å²) in [5.74, 6) is 0.292. The zero-order valence-corrected chi connectivity index (χ0v) is 11.9. The van der Waals surface area contributed by atoms with Gasteiger partial charge in [0.1, 0.15) is 0 Å². The number of rotatable bonds is 3. The van der Waals surface area contributed by atoms with E-state index in [4.69, 9.17) is 0 Å². The summed E-state index contributed by atoms with van der Waals surface area (Å²) in [6.45, 7) is 6.24. The van der Waals surface area contributed by atoms with Crippen LogP contribution in [0.3, 0.4) is 0 Å². The highest BCUT2D eigenvalue weighted by Gasteiger charge is 2.24. The van der Waals surface area contributed by atoms with Gasteiger partial charge in [-0.1, -0.05) is 0 Å². The molecule has 2 fully saturated rings. The maximum Gasteiger partial charge on any atom is 0.236 e. The van der Waals surface area contributed by atoms with Crippen molar-refractivity contribution >= 4 is 22.4 Å². The van der Waals surface area contributed by atoms with Gasteiger partial charge in [-0.25, -0.2) is 4.98 Å². The maximum absolute atomic E-state index is 12.2. The summed E-state index contributed by atoms with van der Waals surface area (Å²) in [6, 6.07) is 0. The monoisotopic (exact) mass is 280 g/mol. The van der Waals surface area contributed by atoms with E-state index in [-0.39, 0.29) is 0 Å². The number of thiazole rings is 1. The summed E-state index contributed by atoms with van der Waals surface area (Å²) >= 11 is 1.67. The van der Waals surface area contributed by atoms with Crippen LogP contribution in [0, 0.1) is 0 Å². The third-order valence-electron chi connectivity index (χ3n) is 3.88. The highest BCUT2D eigenvalue weighted by molar-refractivity contribution is 7.13. The fraction of sp³-hybridized carbons (Fsp3) is 0.692. The zero-order valence-electron chi connectivity index (χ0n) is 11.1. The van der Waals surface area contributed by atoms with Crippen LogP contribution in [0.15, 0.2) is 11.6 Å². The number of anilines is 1. The van der Waals surface area contributed by atoms with Gasteiger partial charge < -0.3 is 9.80 Å². The van der Waals surface area contributed by atoms with Crippen LogP contribution in [0.1, 0.15) is 12.8 Å². The first-order valence-corrected chi connectivity index (χ1v) is 7.85. The molecule has 1 amide bonds. The predicted octanol–water partition coefficient (Wildman–Crippen LogP) is 0.888. The van der Waals surface area contributed by atoms with E-state index in [0.717, 1.165) is 44.4 Å². The molecule has 2 saturated heterocycles. The second-order valence-corrected chi connectivity index (χ2v) is 6.04. The second-order valence-electron chi connectivity index (χ2n) is 5.17. The fourth-order valence-electron chi connectivity index (χ4n) is 2.75. The van der Waals surface area contributed by atoms with E-state index in [1.807, 2.05) is 16.5 Å². The second kappa shape index (κ2) is 5.88. The Bertz CT molecular complexity index is 408. The zero-order chi connectivity index (χ0) is 13.1.